The Bertz CT molecular complexity index is 2190. The minimum Gasteiger partial charge on any atom is -0.480 e. The number of hydrogen-bond donors (Lipinski definition) is 10. The summed E-state index contributed by atoms with van der Waals surface area (Å²) in [5.41, 5.74) is -0.565. The van der Waals surface area contributed by atoms with Crippen LogP contribution >= 0.6 is 0 Å². The Hall–Kier alpha value is -3.82. The van der Waals surface area contributed by atoms with Crippen LogP contribution in [0.4, 0.5) is 4.79 Å². The largest absolute Gasteiger partial charge is 0.514 e. The number of likely N-dealkylation sites (tertiary alicyclic amines) is 1. The highest BCUT2D eigenvalue weighted by Gasteiger charge is 2.73. The number of aliphatic hydroxyl groups is 8. The highest BCUT2D eigenvalue weighted by Crippen LogP contribution is 2.65. The van der Waals surface area contributed by atoms with Gasteiger partial charge in [-0.05, 0) is 56.2 Å². The zero-order valence-corrected chi connectivity index (χ0v) is 40.7. The molecule has 1 aromatic rings. The summed E-state index contributed by atoms with van der Waals surface area (Å²) in [4.78, 5) is 53.0. The van der Waals surface area contributed by atoms with Crippen LogP contribution in [0.1, 0.15) is 43.2 Å². The van der Waals surface area contributed by atoms with Crippen molar-refractivity contribution in [3.63, 3.8) is 0 Å². The van der Waals surface area contributed by atoms with Crippen molar-refractivity contribution >= 4 is 23.8 Å². The van der Waals surface area contributed by atoms with Crippen LogP contribution in [-0.2, 0) is 73.6 Å². The number of ketones is 1. The minimum absolute atomic E-state index is 0.0275. The number of nitrogens with one attached hydrogen (secondary N) is 1. The molecule has 3 aliphatic carbocycles. The van der Waals surface area contributed by atoms with Gasteiger partial charge < -0.3 is 108 Å². The van der Waals surface area contributed by atoms with Crippen LogP contribution in [0.3, 0.4) is 0 Å². The number of benzene rings is 1. The van der Waals surface area contributed by atoms with E-state index in [2.05, 4.69) is 10.2 Å². The monoisotopic (exact) mass is 1060 g/mol. The number of carboxylic acids is 1. The molecule has 1 amide bonds. The maximum Gasteiger partial charge on any atom is 0.514 e. The van der Waals surface area contributed by atoms with Gasteiger partial charge in [-0.15, -0.1) is 0 Å². The second-order valence-electron chi connectivity index (χ2n) is 20.1. The van der Waals surface area contributed by atoms with Crippen molar-refractivity contribution in [1.82, 2.24) is 10.2 Å². The van der Waals surface area contributed by atoms with Gasteiger partial charge in [-0.1, -0.05) is 6.07 Å². The molecule has 8 aliphatic rings. The standard InChI is InChI=1S/C47H66N2O25/c1-63-38-24(15-50)68-43(35(59)31(38)55)73-40-26(70-44(36(60)33(40)57)74-39-25(17-66-19-29(53)54)69-42(64-2)34(58)32(39)56)16-65-18-28(52)48-10-12-67-45(61)71-23-6-5-21-13-27-47(62)8-7-22(51)41-46(47,30(21)37(23)72-41)9-11-49(27)14-20-3-4-20/h5-6,20,24-27,31-36,38-44,50,55-60,62H,3-4,7-19H2,1-2H3,(H,48,52)(H,53,54)/t24?,25?,26?,27-,31?,32?,33?,34?,35?,36?,38?,39?,40?,41+,42?,43?,44?,46+,47-/m1/s1. The molecule has 74 heavy (non-hydrogen) atoms. The summed E-state index contributed by atoms with van der Waals surface area (Å²) < 4.78 is 67.2. The van der Waals surface area contributed by atoms with E-state index in [0.717, 1.165) is 12.1 Å². The lowest BCUT2D eigenvalue weighted by molar-refractivity contribution is -0.379. The number of hydrogen-bond acceptors (Lipinski definition) is 25. The maximum absolute atomic E-state index is 13.4. The predicted octanol–water partition coefficient (Wildman–Crippen LogP) is -4.67. The normalized spacial score (nSPS) is 40.5. The Morgan fingerprint density at radius 1 is 0.797 bits per heavy atom. The first-order valence-electron chi connectivity index (χ1n) is 24.8. The van der Waals surface area contributed by atoms with Crippen molar-refractivity contribution < 1.29 is 122 Å². The molecule has 5 aliphatic heterocycles. The molecule has 414 valence electrons. The third kappa shape index (κ3) is 10.4. The molecule has 2 bridgehead atoms. The van der Waals surface area contributed by atoms with Crippen LogP contribution in [0, 0.1) is 5.92 Å². The van der Waals surface area contributed by atoms with E-state index in [1.165, 1.54) is 27.1 Å². The quantitative estimate of drug-likeness (QED) is 0.0314. The highest BCUT2D eigenvalue weighted by molar-refractivity contribution is 5.90. The van der Waals surface area contributed by atoms with Gasteiger partial charge in [0.05, 0.1) is 37.4 Å². The average Bonchev–Trinajstić information content (AvgIpc) is 4.20. The molecule has 2 saturated carbocycles. The number of aliphatic hydroxyl groups excluding tert-OH is 7. The van der Waals surface area contributed by atoms with Gasteiger partial charge in [0.15, 0.2) is 42.3 Å². The Kier molecular flexibility index (Phi) is 16.8. The van der Waals surface area contributed by atoms with Crippen molar-refractivity contribution in [3.8, 4) is 11.5 Å². The van der Waals surface area contributed by atoms with Crippen LogP contribution in [0.2, 0.25) is 0 Å². The fourth-order valence-corrected chi connectivity index (χ4v) is 11.8. The van der Waals surface area contributed by atoms with E-state index in [1.807, 2.05) is 6.07 Å². The maximum atomic E-state index is 13.4. The average molecular weight is 1060 g/mol. The van der Waals surface area contributed by atoms with E-state index in [0.29, 0.717) is 37.3 Å². The molecule has 9 rings (SSSR count). The van der Waals surface area contributed by atoms with E-state index in [9.17, 15) is 60.0 Å². The van der Waals surface area contributed by atoms with Crippen molar-refractivity contribution in [1.29, 1.82) is 0 Å². The van der Waals surface area contributed by atoms with E-state index >= 15 is 0 Å². The molecule has 0 radical (unpaired) electrons. The van der Waals surface area contributed by atoms with E-state index in [-0.39, 0.29) is 42.9 Å². The Labute approximate surface area is 423 Å². The summed E-state index contributed by atoms with van der Waals surface area (Å²) in [6, 6.07) is 3.24. The number of piperidine rings is 1. The van der Waals surface area contributed by atoms with Gasteiger partial charge in [0.1, 0.15) is 93.1 Å². The van der Waals surface area contributed by atoms with Crippen molar-refractivity contribution in [2.24, 2.45) is 5.92 Å². The molecular weight excluding hydrogens is 993 g/mol. The number of ether oxygens (including phenoxy) is 12. The van der Waals surface area contributed by atoms with Gasteiger partial charge in [0.25, 0.3) is 0 Å². The Morgan fingerprint density at radius 2 is 1.42 bits per heavy atom. The summed E-state index contributed by atoms with van der Waals surface area (Å²) in [7, 11) is 2.38. The van der Waals surface area contributed by atoms with Crippen molar-refractivity contribution in [2.45, 2.75) is 154 Å². The molecule has 1 aromatic carbocycles. The number of carbonyl (C=O) groups is 4. The molecule has 6 fully saturated rings. The number of Topliss-reactive ketones (excluding diaryl/α,β-unsaturated/α-hetero) is 1. The zero-order valence-electron chi connectivity index (χ0n) is 40.7. The molecular formula is C47H66N2O25. The van der Waals surface area contributed by atoms with Gasteiger partial charge in [-0.3, -0.25) is 14.5 Å². The molecule has 27 heteroatoms. The number of amides is 1. The van der Waals surface area contributed by atoms with Crippen molar-refractivity contribution in [2.75, 3.05) is 73.5 Å². The second kappa shape index (κ2) is 22.6. The molecule has 5 heterocycles. The Balaban J connectivity index is 0.813. The van der Waals surface area contributed by atoms with Gasteiger partial charge >= 0.3 is 12.1 Å². The van der Waals surface area contributed by atoms with E-state index < -0.39 is 160 Å². The zero-order chi connectivity index (χ0) is 52.8. The molecule has 0 aromatic heterocycles. The SMILES string of the molecule is COC1OC(COCC(=O)O)C(OC2OC(COCC(=O)NCCOC(=O)Oc3ccc4c5c3O[C@H]3C(=O)CC[C@@]6(O)[C@@H](C4)N(CC4CC4)CC[C@]536)C(OC3OC(CO)C(OC)C(O)C3O)C(O)C2O)C(O)C1O. The summed E-state index contributed by atoms with van der Waals surface area (Å²) in [5.74, 6) is -1.32. The summed E-state index contributed by atoms with van der Waals surface area (Å²) in [6.45, 7) is -2.32. The molecule has 4 saturated heterocycles. The van der Waals surface area contributed by atoms with Crippen LogP contribution in [0.25, 0.3) is 0 Å². The highest BCUT2D eigenvalue weighted by atomic mass is 16.8. The van der Waals surface area contributed by atoms with Crippen LogP contribution in [-0.4, -0.2) is 258 Å². The molecule has 27 nitrogen and oxygen atoms in total. The van der Waals surface area contributed by atoms with Gasteiger partial charge in [0.2, 0.25) is 5.91 Å². The van der Waals surface area contributed by atoms with Gasteiger partial charge in [0, 0.05) is 38.8 Å². The number of rotatable bonds is 21. The summed E-state index contributed by atoms with van der Waals surface area (Å²) >= 11 is 0. The number of methoxy groups -OCH3 is 2. The minimum atomic E-state index is -2.04. The fourth-order valence-electron chi connectivity index (χ4n) is 11.8. The smallest absolute Gasteiger partial charge is 0.480 e. The Morgan fingerprint density at radius 3 is 2.04 bits per heavy atom. The van der Waals surface area contributed by atoms with Crippen LogP contribution < -0.4 is 14.8 Å². The van der Waals surface area contributed by atoms with E-state index in [1.54, 1.807) is 6.07 Å². The van der Waals surface area contributed by atoms with E-state index in [4.69, 9.17) is 61.9 Å². The fraction of sp³-hybridized carbons (Fsp3) is 0.787. The molecule has 10 N–H and O–H groups in total. The predicted molar refractivity (Wildman–Crippen MR) is 239 cm³/mol. The number of aliphatic carboxylic acids is 1. The van der Waals surface area contributed by atoms with Gasteiger partial charge in [-0.2, -0.15) is 0 Å². The van der Waals surface area contributed by atoms with Gasteiger partial charge in [-0.25, -0.2) is 9.59 Å². The lowest BCUT2D eigenvalue weighted by Gasteiger charge is -2.62. The number of carbonyl (C=O) groups excluding carboxylic acids is 3. The lowest BCUT2D eigenvalue weighted by atomic mass is 9.49. The van der Waals surface area contributed by atoms with Crippen LogP contribution in [0.5, 0.6) is 11.5 Å². The third-order valence-electron chi connectivity index (χ3n) is 15.6. The summed E-state index contributed by atoms with van der Waals surface area (Å²) in [5, 5.41) is 100. The first kappa shape index (κ1) is 55.0. The topological polar surface area (TPSA) is 376 Å². The second-order valence-corrected chi connectivity index (χ2v) is 20.1. The molecule has 1 spiro atoms. The van der Waals surface area contributed by atoms with Crippen LogP contribution in [0.15, 0.2) is 12.1 Å². The number of carboxylic acid groups (broad SMARTS) is 1. The first-order valence-corrected chi connectivity index (χ1v) is 24.8. The molecule has 19 atom stereocenters. The lowest BCUT2D eigenvalue weighted by Crippen LogP contribution is -2.76. The first-order chi connectivity index (χ1) is 35.4. The molecule has 15 unspecified atom stereocenters. The summed E-state index contributed by atoms with van der Waals surface area (Å²) in [6.07, 6.45) is -23.1. The number of nitrogens with zero attached hydrogens (tertiary/aromatic N) is 1. The van der Waals surface area contributed by atoms with Crippen molar-refractivity contribution in [3.05, 3.63) is 23.3 Å². The third-order valence-corrected chi connectivity index (χ3v) is 15.6.